The molecule has 0 atom stereocenters. The van der Waals surface area contributed by atoms with E-state index >= 15 is 0 Å². The molecule has 0 aliphatic heterocycles. The van der Waals surface area contributed by atoms with Crippen LogP contribution in [0.1, 0.15) is 5.56 Å². The van der Waals surface area contributed by atoms with Crippen molar-refractivity contribution >= 4 is 17.7 Å². The summed E-state index contributed by atoms with van der Waals surface area (Å²) in [5.41, 5.74) is 3.30. The van der Waals surface area contributed by atoms with Gasteiger partial charge in [-0.1, -0.05) is 36.4 Å². The Morgan fingerprint density at radius 1 is 0.944 bits per heavy atom. The Balaban J connectivity index is 2.07. The quantitative estimate of drug-likeness (QED) is 0.634. The summed E-state index contributed by atoms with van der Waals surface area (Å²) in [6, 6.07) is 18.2. The first-order valence-corrected chi connectivity index (χ1v) is 5.90. The van der Waals surface area contributed by atoms with Gasteiger partial charge in [-0.05, 0) is 42.3 Å². The Labute approximate surface area is 107 Å². The molecule has 0 saturated carbocycles. The van der Waals surface area contributed by atoms with Gasteiger partial charge in [0.15, 0.2) is 0 Å². The molecule has 0 fully saturated rings. The average Bonchev–Trinajstić information content (AvgIpc) is 2.41. The van der Waals surface area contributed by atoms with Crippen LogP contribution < -0.4 is 5.32 Å². The lowest BCUT2D eigenvalue weighted by molar-refractivity contribution is -0.104. The van der Waals surface area contributed by atoms with Crippen molar-refractivity contribution in [2.75, 3.05) is 5.32 Å². The van der Waals surface area contributed by atoms with Crippen LogP contribution in [-0.2, 0) is 11.2 Å². The number of nitrogens with one attached hydrogen (secondary N) is 1. The maximum Gasteiger partial charge on any atom is 0.142 e. The van der Waals surface area contributed by atoms with Gasteiger partial charge in [-0.15, -0.1) is 0 Å². The molecule has 2 heteroatoms. The van der Waals surface area contributed by atoms with E-state index in [2.05, 4.69) is 11.4 Å². The maximum absolute atomic E-state index is 10.2. The van der Waals surface area contributed by atoms with Crippen LogP contribution in [0.5, 0.6) is 0 Å². The van der Waals surface area contributed by atoms with E-state index in [1.165, 1.54) is 11.6 Å². The van der Waals surface area contributed by atoms with E-state index in [0.29, 0.717) is 0 Å². The van der Waals surface area contributed by atoms with Crippen LogP contribution in [0.2, 0.25) is 0 Å². The largest absolute Gasteiger partial charge is 0.356 e. The molecule has 0 aromatic heterocycles. The Hall–Kier alpha value is -2.35. The molecule has 1 N–H and O–H groups in total. The predicted octanol–water partition coefficient (Wildman–Crippen LogP) is 3.73. The number of hydrogen-bond donors (Lipinski definition) is 1. The summed E-state index contributed by atoms with van der Waals surface area (Å²) in [7, 11) is 0. The fourth-order valence-corrected chi connectivity index (χ4v) is 1.72. The molecule has 0 spiro atoms. The zero-order valence-corrected chi connectivity index (χ0v) is 10.0. The van der Waals surface area contributed by atoms with E-state index in [0.717, 1.165) is 24.1 Å². The minimum Gasteiger partial charge on any atom is -0.356 e. The zero-order chi connectivity index (χ0) is 12.6. The van der Waals surface area contributed by atoms with Gasteiger partial charge in [-0.2, -0.15) is 0 Å². The van der Waals surface area contributed by atoms with Crippen molar-refractivity contribution in [3.63, 3.8) is 0 Å². The minimum atomic E-state index is 0.767. The highest BCUT2D eigenvalue weighted by atomic mass is 16.1. The molecule has 2 rings (SSSR count). The molecule has 90 valence electrons. The Morgan fingerprint density at radius 3 is 2.50 bits per heavy atom. The predicted molar refractivity (Wildman–Crippen MR) is 75.1 cm³/mol. The number of para-hydroxylation sites is 1. The van der Waals surface area contributed by atoms with Crippen molar-refractivity contribution in [2.45, 2.75) is 6.42 Å². The highest BCUT2D eigenvalue weighted by Crippen LogP contribution is 2.17. The maximum atomic E-state index is 10.2. The van der Waals surface area contributed by atoms with Crippen molar-refractivity contribution < 1.29 is 4.79 Å². The monoisotopic (exact) mass is 237 g/mol. The summed E-state index contributed by atoms with van der Waals surface area (Å²) in [6.45, 7) is 0. The molecule has 0 saturated heterocycles. The Bertz CT molecular complexity index is 532. The van der Waals surface area contributed by atoms with Gasteiger partial charge in [0.25, 0.3) is 0 Å². The van der Waals surface area contributed by atoms with Gasteiger partial charge in [0.05, 0.1) is 0 Å². The number of aldehydes is 1. The highest BCUT2D eigenvalue weighted by molar-refractivity contribution is 5.65. The summed E-state index contributed by atoms with van der Waals surface area (Å²) < 4.78 is 0. The second-order valence-corrected chi connectivity index (χ2v) is 3.96. The number of carbonyl (C=O) groups is 1. The number of carbonyl (C=O) groups excluding carboxylic acids is 1. The molecule has 0 amide bonds. The molecule has 0 aliphatic rings. The van der Waals surface area contributed by atoms with E-state index in [9.17, 15) is 4.79 Å². The van der Waals surface area contributed by atoms with Crippen LogP contribution in [0, 0.1) is 0 Å². The molecular formula is C16H15NO. The van der Waals surface area contributed by atoms with Crippen molar-refractivity contribution in [1.82, 2.24) is 0 Å². The first-order valence-electron chi connectivity index (χ1n) is 5.90. The Kier molecular flexibility index (Phi) is 4.31. The van der Waals surface area contributed by atoms with Crippen LogP contribution in [-0.4, -0.2) is 6.29 Å². The summed E-state index contributed by atoms with van der Waals surface area (Å²) in [6.07, 6.45) is 4.95. The zero-order valence-electron chi connectivity index (χ0n) is 10.0. The van der Waals surface area contributed by atoms with Crippen molar-refractivity contribution in [2.24, 2.45) is 0 Å². The van der Waals surface area contributed by atoms with Gasteiger partial charge in [0.2, 0.25) is 0 Å². The van der Waals surface area contributed by atoms with Gasteiger partial charge in [-0.3, -0.25) is 4.79 Å². The van der Waals surface area contributed by atoms with Gasteiger partial charge in [-0.25, -0.2) is 0 Å². The second kappa shape index (κ2) is 6.40. The molecule has 2 aromatic rings. The third kappa shape index (κ3) is 3.59. The third-order valence-electron chi connectivity index (χ3n) is 2.56. The molecule has 2 aromatic carbocycles. The minimum absolute atomic E-state index is 0.767. The fraction of sp³-hybridized carbons (Fsp3) is 0.0625. The molecule has 18 heavy (non-hydrogen) atoms. The number of benzene rings is 2. The van der Waals surface area contributed by atoms with Gasteiger partial charge in [0, 0.05) is 11.4 Å². The smallest absolute Gasteiger partial charge is 0.142 e. The fourth-order valence-electron chi connectivity index (χ4n) is 1.72. The third-order valence-corrected chi connectivity index (χ3v) is 2.56. The lowest BCUT2D eigenvalue weighted by atomic mass is 10.1. The van der Waals surface area contributed by atoms with E-state index in [-0.39, 0.29) is 0 Å². The number of hydrogen-bond acceptors (Lipinski definition) is 2. The average molecular weight is 237 g/mol. The van der Waals surface area contributed by atoms with Gasteiger partial charge >= 0.3 is 0 Å². The summed E-state index contributed by atoms with van der Waals surface area (Å²) in [5, 5.41) is 3.34. The molecule has 0 aliphatic carbocycles. The van der Waals surface area contributed by atoms with E-state index < -0.39 is 0 Å². The first-order chi connectivity index (χ1) is 8.88. The molecule has 0 radical (unpaired) electrons. The summed E-state index contributed by atoms with van der Waals surface area (Å²) >= 11 is 0. The Morgan fingerprint density at radius 2 is 1.72 bits per heavy atom. The number of allylic oxidation sites excluding steroid dienone is 2. The molecule has 0 bridgehead atoms. The second-order valence-electron chi connectivity index (χ2n) is 3.96. The van der Waals surface area contributed by atoms with Crippen LogP contribution in [0.15, 0.2) is 66.7 Å². The lowest BCUT2D eigenvalue weighted by Gasteiger charge is -2.07. The van der Waals surface area contributed by atoms with Crippen molar-refractivity contribution in [1.29, 1.82) is 0 Å². The van der Waals surface area contributed by atoms with Crippen molar-refractivity contribution in [3.8, 4) is 0 Å². The number of rotatable bonds is 5. The summed E-state index contributed by atoms with van der Waals surface area (Å²) in [4.78, 5) is 10.2. The van der Waals surface area contributed by atoms with E-state index in [1.54, 1.807) is 0 Å². The van der Waals surface area contributed by atoms with Crippen LogP contribution >= 0.6 is 0 Å². The van der Waals surface area contributed by atoms with Gasteiger partial charge < -0.3 is 5.32 Å². The standard InChI is InChI=1S/C16H15NO/c18-12-5-4-7-14-8-6-11-16(13-14)17-15-9-2-1-3-10-15/h1-6,8-13,17H,7H2. The SMILES string of the molecule is O=CC=CCc1cccc(Nc2ccccc2)c1. The van der Waals surface area contributed by atoms with Crippen LogP contribution in [0.4, 0.5) is 11.4 Å². The molecule has 2 nitrogen and oxygen atoms in total. The molecule has 0 heterocycles. The normalized spacial score (nSPS) is 10.4. The first kappa shape index (κ1) is 12.1. The highest BCUT2D eigenvalue weighted by Gasteiger charge is 1.95. The van der Waals surface area contributed by atoms with Crippen LogP contribution in [0.25, 0.3) is 0 Å². The van der Waals surface area contributed by atoms with Crippen LogP contribution in [0.3, 0.4) is 0 Å². The summed E-state index contributed by atoms with van der Waals surface area (Å²) in [5.74, 6) is 0. The molecular weight excluding hydrogens is 222 g/mol. The lowest BCUT2D eigenvalue weighted by Crippen LogP contribution is -1.91. The number of anilines is 2. The van der Waals surface area contributed by atoms with E-state index in [4.69, 9.17) is 0 Å². The van der Waals surface area contributed by atoms with E-state index in [1.807, 2.05) is 54.6 Å². The topological polar surface area (TPSA) is 29.1 Å². The van der Waals surface area contributed by atoms with Crippen molar-refractivity contribution in [3.05, 3.63) is 72.3 Å². The van der Waals surface area contributed by atoms with Gasteiger partial charge in [0.1, 0.15) is 6.29 Å². The molecule has 0 unspecified atom stereocenters.